The summed E-state index contributed by atoms with van der Waals surface area (Å²) >= 11 is 5.29. The van der Waals surface area contributed by atoms with Gasteiger partial charge in [-0.2, -0.15) is 5.10 Å². The lowest BCUT2D eigenvalue weighted by atomic mass is 10.2. The van der Waals surface area contributed by atoms with E-state index in [9.17, 15) is 0 Å². The monoisotopic (exact) mass is 305 g/mol. The Morgan fingerprint density at radius 3 is 3.10 bits per heavy atom. The molecule has 1 saturated heterocycles. The van der Waals surface area contributed by atoms with Crippen LogP contribution >= 0.6 is 12.2 Å². The highest BCUT2D eigenvalue weighted by Gasteiger charge is 2.23. The lowest BCUT2D eigenvalue weighted by Crippen LogP contribution is -2.38. The molecule has 0 bridgehead atoms. The van der Waals surface area contributed by atoms with Gasteiger partial charge in [0.25, 0.3) is 0 Å². The molecule has 1 N–H and O–H groups in total. The lowest BCUT2D eigenvalue weighted by molar-refractivity contribution is -0.0325. The van der Waals surface area contributed by atoms with Crippen molar-refractivity contribution < 1.29 is 4.74 Å². The maximum absolute atomic E-state index is 5.84. The number of H-pyrrole nitrogens is 1. The summed E-state index contributed by atoms with van der Waals surface area (Å²) in [6.07, 6.45) is 3.70. The Kier molecular flexibility index (Phi) is 4.14. The van der Waals surface area contributed by atoms with Gasteiger partial charge in [-0.25, -0.2) is 4.98 Å². The molecule has 7 heteroatoms. The Labute approximate surface area is 128 Å². The summed E-state index contributed by atoms with van der Waals surface area (Å²) in [4.78, 5) is 10.1. The lowest BCUT2D eigenvalue weighted by Gasteiger charge is -2.31. The smallest absolute Gasteiger partial charge is 0.138 e. The van der Waals surface area contributed by atoms with E-state index >= 15 is 0 Å². The van der Waals surface area contributed by atoms with Crippen molar-refractivity contribution in [3.05, 3.63) is 28.9 Å². The maximum Gasteiger partial charge on any atom is 0.138 e. The zero-order valence-corrected chi connectivity index (χ0v) is 13.1. The summed E-state index contributed by atoms with van der Waals surface area (Å²) < 4.78 is 8.18. The second-order valence-corrected chi connectivity index (χ2v) is 5.59. The third kappa shape index (κ3) is 3.20. The molecule has 1 unspecified atom stereocenters. The predicted octanol–water partition coefficient (Wildman–Crippen LogP) is 1.93. The molecule has 0 saturated carbocycles. The number of likely N-dealkylation sites (N-methyl/N-ethyl adjacent to an activating group) is 1. The van der Waals surface area contributed by atoms with Crippen LogP contribution in [0.5, 0.6) is 0 Å². The van der Waals surface area contributed by atoms with E-state index in [-0.39, 0.29) is 6.10 Å². The van der Waals surface area contributed by atoms with Gasteiger partial charge in [-0.15, -0.1) is 0 Å². The number of ether oxygens (including phenoxy) is 1. The minimum atomic E-state index is -0.0583. The molecule has 1 aliphatic rings. The number of rotatable bonds is 3. The van der Waals surface area contributed by atoms with Gasteiger partial charge in [-0.3, -0.25) is 9.58 Å². The van der Waals surface area contributed by atoms with Crippen molar-refractivity contribution in [2.75, 3.05) is 26.2 Å². The highest BCUT2D eigenvalue weighted by atomic mass is 32.1. The molecule has 2 aromatic heterocycles. The van der Waals surface area contributed by atoms with Crippen molar-refractivity contribution in [2.24, 2.45) is 7.05 Å². The first-order chi connectivity index (χ1) is 10.2. The van der Waals surface area contributed by atoms with Gasteiger partial charge in [0.05, 0.1) is 18.5 Å². The molecule has 0 amide bonds. The van der Waals surface area contributed by atoms with Gasteiger partial charge in [0.2, 0.25) is 0 Å². The fraction of sp³-hybridized carbons (Fsp3) is 0.500. The third-order valence-electron chi connectivity index (χ3n) is 3.68. The van der Waals surface area contributed by atoms with E-state index in [1.54, 1.807) is 4.68 Å². The number of aromatic nitrogens is 4. The van der Waals surface area contributed by atoms with Crippen LogP contribution in [-0.2, 0) is 11.8 Å². The molecular weight excluding hydrogens is 286 g/mol. The van der Waals surface area contributed by atoms with Gasteiger partial charge in [0.1, 0.15) is 16.6 Å². The fourth-order valence-electron chi connectivity index (χ4n) is 2.50. The highest BCUT2D eigenvalue weighted by Crippen LogP contribution is 2.22. The predicted molar refractivity (Wildman–Crippen MR) is 82.4 cm³/mol. The molecule has 0 radical (unpaired) electrons. The summed E-state index contributed by atoms with van der Waals surface area (Å²) in [5, 5.41) is 4.19. The Morgan fingerprint density at radius 2 is 2.38 bits per heavy atom. The summed E-state index contributed by atoms with van der Waals surface area (Å²) in [6.45, 7) is 5.70. The number of hydrogen-bond acceptors (Lipinski definition) is 5. The van der Waals surface area contributed by atoms with Crippen LogP contribution in [0, 0.1) is 4.64 Å². The van der Waals surface area contributed by atoms with E-state index in [0.717, 1.165) is 43.3 Å². The molecule has 0 aliphatic carbocycles. The third-order valence-corrected chi connectivity index (χ3v) is 3.89. The second-order valence-electron chi connectivity index (χ2n) is 5.17. The minimum absolute atomic E-state index is 0.0583. The van der Waals surface area contributed by atoms with Crippen LogP contribution in [0.2, 0.25) is 0 Å². The van der Waals surface area contributed by atoms with Crippen LogP contribution < -0.4 is 0 Å². The second kappa shape index (κ2) is 6.05. The molecule has 3 heterocycles. The van der Waals surface area contributed by atoms with Crippen molar-refractivity contribution in [2.45, 2.75) is 13.0 Å². The minimum Gasteiger partial charge on any atom is -0.368 e. The van der Waals surface area contributed by atoms with Gasteiger partial charge in [-0.1, -0.05) is 19.1 Å². The van der Waals surface area contributed by atoms with Gasteiger partial charge in [0, 0.05) is 31.9 Å². The molecule has 1 fully saturated rings. The zero-order valence-electron chi connectivity index (χ0n) is 12.2. The molecule has 3 rings (SSSR count). The molecule has 112 valence electrons. The van der Waals surface area contributed by atoms with Gasteiger partial charge in [0.15, 0.2) is 0 Å². The number of nitrogens with one attached hydrogen (secondary N) is 1. The summed E-state index contributed by atoms with van der Waals surface area (Å²) in [5.74, 6) is 0.791. The quantitative estimate of drug-likeness (QED) is 0.878. The van der Waals surface area contributed by atoms with E-state index in [1.165, 1.54) is 0 Å². The molecule has 21 heavy (non-hydrogen) atoms. The standard InChI is InChI=1S/C14H19N5OS/c1-3-19-4-5-20-12(9-19)14-16-11(6-13(21)17-14)10-7-15-18(2)8-10/h6-8,12H,3-5,9H2,1-2H3,(H,16,17,21). The number of morpholine rings is 1. The van der Waals surface area contributed by atoms with E-state index in [0.29, 0.717) is 4.64 Å². The first-order valence-corrected chi connectivity index (χ1v) is 7.50. The van der Waals surface area contributed by atoms with E-state index in [2.05, 4.69) is 26.9 Å². The fourth-order valence-corrected chi connectivity index (χ4v) is 2.72. The molecule has 1 aliphatic heterocycles. The van der Waals surface area contributed by atoms with Crippen LogP contribution in [0.4, 0.5) is 0 Å². The number of aromatic amines is 1. The van der Waals surface area contributed by atoms with E-state index < -0.39 is 0 Å². The maximum atomic E-state index is 5.84. The highest BCUT2D eigenvalue weighted by molar-refractivity contribution is 7.71. The molecule has 2 aromatic rings. The van der Waals surface area contributed by atoms with Crippen LogP contribution in [-0.4, -0.2) is 50.9 Å². The van der Waals surface area contributed by atoms with Crippen LogP contribution in [0.3, 0.4) is 0 Å². The van der Waals surface area contributed by atoms with Crippen LogP contribution in [0.1, 0.15) is 18.9 Å². The van der Waals surface area contributed by atoms with Gasteiger partial charge >= 0.3 is 0 Å². The summed E-state index contributed by atoms with van der Waals surface area (Å²) in [7, 11) is 1.89. The Hall–Kier alpha value is -1.57. The SMILES string of the molecule is CCN1CCOC(c2nc(=S)cc(-c3cnn(C)c3)[nH]2)C1. The topological polar surface area (TPSA) is 59.0 Å². The average molecular weight is 305 g/mol. The molecule has 6 nitrogen and oxygen atoms in total. The van der Waals surface area contributed by atoms with Gasteiger partial charge < -0.3 is 9.72 Å². The molecule has 0 spiro atoms. The van der Waals surface area contributed by atoms with Crippen LogP contribution in [0.25, 0.3) is 11.3 Å². The average Bonchev–Trinajstić information content (AvgIpc) is 2.93. The van der Waals surface area contributed by atoms with Crippen molar-refractivity contribution in [1.29, 1.82) is 0 Å². The van der Waals surface area contributed by atoms with Crippen molar-refractivity contribution in [3.63, 3.8) is 0 Å². The number of nitrogens with zero attached hydrogens (tertiary/aromatic N) is 4. The van der Waals surface area contributed by atoms with Crippen molar-refractivity contribution >= 4 is 12.2 Å². The largest absolute Gasteiger partial charge is 0.368 e. The Bertz CT molecular complexity index is 680. The van der Waals surface area contributed by atoms with Crippen LogP contribution in [0.15, 0.2) is 18.5 Å². The first kappa shape index (κ1) is 14.4. The number of hydrogen-bond donors (Lipinski definition) is 1. The molecule has 1 atom stereocenters. The Balaban J connectivity index is 1.92. The molecule has 0 aromatic carbocycles. The normalized spacial score (nSPS) is 19.8. The van der Waals surface area contributed by atoms with E-state index in [1.807, 2.05) is 25.5 Å². The zero-order chi connectivity index (χ0) is 14.8. The van der Waals surface area contributed by atoms with Crippen molar-refractivity contribution in [3.8, 4) is 11.3 Å². The number of aryl methyl sites for hydroxylation is 1. The van der Waals surface area contributed by atoms with E-state index in [4.69, 9.17) is 17.0 Å². The van der Waals surface area contributed by atoms with Crippen molar-refractivity contribution in [1.82, 2.24) is 24.6 Å². The summed E-state index contributed by atoms with van der Waals surface area (Å²) in [5.41, 5.74) is 1.92. The summed E-state index contributed by atoms with van der Waals surface area (Å²) in [6, 6.07) is 1.86. The first-order valence-electron chi connectivity index (χ1n) is 7.10. The van der Waals surface area contributed by atoms with Gasteiger partial charge in [-0.05, 0) is 12.6 Å². The Morgan fingerprint density at radius 1 is 1.52 bits per heavy atom. The molecular formula is C14H19N5OS.